The first-order valence-corrected chi connectivity index (χ1v) is 11.8. The lowest BCUT2D eigenvalue weighted by atomic mass is 10.1. The number of hydrogen-bond acceptors (Lipinski definition) is 7. The predicted octanol–water partition coefficient (Wildman–Crippen LogP) is 1.51. The molecule has 1 aliphatic rings. The van der Waals surface area contributed by atoms with Crippen LogP contribution in [0.25, 0.3) is 10.9 Å². The highest BCUT2D eigenvalue weighted by Crippen LogP contribution is 2.20. The standard InChI is InChI=1S/C21H20ClN5O4S/c22-15-2-4-16(5-3-15)32(30,31)12-20(29)27-8-7-26(19(28)11-27)10-14-1-6-17-18(9-14)24-13-25-21(17)23/h1-6,9,13H,7-8,10-12H2,(H2,23,24,25). The van der Waals surface area contributed by atoms with Crippen LogP contribution in [-0.4, -0.2) is 65.4 Å². The van der Waals surface area contributed by atoms with Crippen LogP contribution in [0.3, 0.4) is 0 Å². The minimum absolute atomic E-state index is 0.0148. The van der Waals surface area contributed by atoms with Crippen molar-refractivity contribution in [1.82, 2.24) is 19.8 Å². The second-order valence-corrected chi connectivity index (χ2v) is 9.88. The highest BCUT2D eigenvalue weighted by Gasteiger charge is 2.30. The van der Waals surface area contributed by atoms with E-state index in [4.69, 9.17) is 17.3 Å². The van der Waals surface area contributed by atoms with Crippen LogP contribution in [0.2, 0.25) is 5.02 Å². The number of piperazine rings is 1. The van der Waals surface area contributed by atoms with Gasteiger partial charge in [0.2, 0.25) is 11.8 Å². The number of nitrogens with two attached hydrogens (primary N) is 1. The van der Waals surface area contributed by atoms with Gasteiger partial charge in [-0.1, -0.05) is 17.7 Å². The molecule has 0 spiro atoms. The van der Waals surface area contributed by atoms with Gasteiger partial charge in [0.05, 0.1) is 17.0 Å². The summed E-state index contributed by atoms with van der Waals surface area (Å²) in [5, 5.41) is 1.14. The Hall–Kier alpha value is -3.24. The highest BCUT2D eigenvalue weighted by atomic mass is 35.5. The molecular formula is C21H20ClN5O4S. The Morgan fingerprint density at radius 1 is 1.09 bits per heavy atom. The van der Waals surface area contributed by atoms with Crippen molar-refractivity contribution in [3.8, 4) is 0 Å². The van der Waals surface area contributed by atoms with E-state index in [9.17, 15) is 18.0 Å². The van der Waals surface area contributed by atoms with Crippen molar-refractivity contribution in [1.29, 1.82) is 0 Å². The maximum Gasteiger partial charge on any atom is 0.242 e. The third-order valence-electron chi connectivity index (χ3n) is 5.26. The van der Waals surface area contributed by atoms with Gasteiger partial charge in [0, 0.05) is 30.0 Å². The summed E-state index contributed by atoms with van der Waals surface area (Å²) in [6.07, 6.45) is 1.38. The average Bonchev–Trinajstić information content (AvgIpc) is 2.75. The fraction of sp³-hybridized carbons (Fsp3) is 0.238. The number of carbonyl (C=O) groups excluding carboxylic acids is 2. The summed E-state index contributed by atoms with van der Waals surface area (Å²) in [5.41, 5.74) is 7.40. The van der Waals surface area contributed by atoms with E-state index in [2.05, 4.69) is 9.97 Å². The van der Waals surface area contributed by atoms with Crippen molar-refractivity contribution in [2.45, 2.75) is 11.4 Å². The zero-order valence-corrected chi connectivity index (χ0v) is 18.5. The normalized spacial score (nSPS) is 14.7. The lowest BCUT2D eigenvalue weighted by Gasteiger charge is -2.34. The molecule has 0 unspecified atom stereocenters. The van der Waals surface area contributed by atoms with Gasteiger partial charge in [-0.2, -0.15) is 0 Å². The second-order valence-electron chi connectivity index (χ2n) is 7.45. The molecule has 1 aromatic heterocycles. The quantitative estimate of drug-likeness (QED) is 0.595. The molecule has 2 heterocycles. The molecule has 2 amide bonds. The maximum atomic E-state index is 12.6. The molecule has 4 rings (SSSR count). The number of anilines is 1. The van der Waals surface area contributed by atoms with Crippen LogP contribution >= 0.6 is 11.6 Å². The maximum absolute atomic E-state index is 12.6. The van der Waals surface area contributed by atoms with Crippen molar-refractivity contribution in [3.63, 3.8) is 0 Å². The van der Waals surface area contributed by atoms with Crippen LogP contribution in [0.5, 0.6) is 0 Å². The van der Waals surface area contributed by atoms with Crippen LogP contribution < -0.4 is 5.73 Å². The van der Waals surface area contributed by atoms with Gasteiger partial charge in [-0.05, 0) is 42.0 Å². The Balaban J connectivity index is 1.39. The van der Waals surface area contributed by atoms with Crippen LogP contribution in [0.1, 0.15) is 5.56 Å². The number of nitrogens with zero attached hydrogens (tertiary/aromatic N) is 4. The second kappa shape index (κ2) is 8.71. The summed E-state index contributed by atoms with van der Waals surface area (Å²) in [6, 6.07) is 11.1. The smallest absolute Gasteiger partial charge is 0.242 e. The molecule has 11 heteroatoms. The molecule has 1 aliphatic heterocycles. The van der Waals surface area contributed by atoms with Gasteiger partial charge < -0.3 is 15.5 Å². The van der Waals surface area contributed by atoms with Crippen LogP contribution in [0, 0.1) is 0 Å². The van der Waals surface area contributed by atoms with Crippen molar-refractivity contribution >= 4 is 50.0 Å². The molecule has 3 aromatic rings. The summed E-state index contributed by atoms with van der Waals surface area (Å²) in [5.74, 6) is -1.17. The number of carbonyl (C=O) groups is 2. The van der Waals surface area contributed by atoms with Gasteiger partial charge >= 0.3 is 0 Å². The Morgan fingerprint density at radius 3 is 2.56 bits per heavy atom. The van der Waals surface area contributed by atoms with E-state index < -0.39 is 21.5 Å². The molecular weight excluding hydrogens is 454 g/mol. The van der Waals surface area contributed by atoms with Crippen LogP contribution in [0.4, 0.5) is 5.82 Å². The predicted molar refractivity (Wildman–Crippen MR) is 119 cm³/mol. The zero-order valence-electron chi connectivity index (χ0n) is 16.9. The molecule has 1 saturated heterocycles. The van der Waals surface area contributed by atoms with Crippen molar-refractivity contribution in [3.05, 3.63) is 59.4 Å². The largest absolute Gasteiger partial charge is 0.383 e. The SMILES string of the molecule is Nc1ncnc2cc(CN3CCN(C(=O)CS(=O)(=O)c4ccc(Cl)cc4)CC3=O)ccc12. The van der Waals surface area contributed by atoms with Gasteiger partial charge in [-0.15, -0.1) is 0 Å². The van der Waals surface area contributed by atoms with Crippen molar-refractivity contribution in [2.75, 3.05) is 31.1 Å². The summed E-state index contributed by atoms with van der Waals surface area (Å²) in [7, 11) is -3.83. The Morgan fingerprint density at radius 2 is 1.84 bits per heavy atom. The molecule has 2 aromatic carbocycles. The molecule has 2 N–H and O–H groups in total. The fourth-order valence-corrected chi connectivity index (χ4v) is 4.86. The van der Waals surface area contributed by atoms with Gasteiger partial charge in [0.15, 0.2) is 9.84 Å². The first-order chi connectivity index (χ1) is 15.2. The van der Waals surface area contributed by atoms with Gasteiger partial charge in [0.25, 0.3) is 0 Å². The number of hydrogen-bond donors (Lipinski definition) is 1. The molecule has 0 radical (unpaired) electrons. The number of halogens is 1. The van der Waals surface area contributed by atoms with Crippen LogP contribution in [0.15, 0.2) is 53.7 Å². The van der Waals surface area contributed by atoms with Gasteiger partial charge in [0.1, 0.15) is 17.9 Å². The Kier molecular flexibility index (Phi) is 5.98. The lowest BCUT2D eigenvalue weighted by molar-refractivity contribution is -0.144. The number of benzene rings is 2. The van der Waals surface area contributed by atoms with Gasteiger partial charge in [-0.25, -0.2) is 18.4 Å². The third-order valence-corrected chi connectivity index (χ3v) is 7.13. The molecule has 166 valence electrons. The lowest BCUT2D eigenvalue weighted by Crippen LogP contribution is -2.52. The van der Waals surface area contributed by atoms with E-state index in [1.165, 1.54) is 35.5 Å². The molecule has 1 fully saturated rings. The zero-order chi connectivity index (χ0) is 22.9. The molecule has 9 nitrogen and oxygen atoms in total. The monoisotopic (exact) mass is 473 g/mol. The third kappa shape index (κ3) is 4.66. The summed E-state index contributed by atoms with van der Waals surface area (Å²) in [4.78, 5) is 36.3. The van der Waals surface area contributed by atoms with Crippen LogP contribution in [-0.2, 0) is 26.0 Å². The molecule has 0 bridgehead atoms. The molecule has 0 saturated carbocycles. The number of nitrogen functional groups attached to an aromatic ring is 1. The van der Waals surface area contributed by atoms with E-state index in [0.29, 0.717) is 29.4 Å². The first-order valence-electron chi connectivity index (χ1n) is 9.76. The number of rotatable bonds is 5. The molecule has 0 aliphatic carbocycles. The van der Waals surface area contributed by atoms with E-state index in [0.717, 1.165) is 10.9 Å². The summed E-state index contributed by atoms with van der Waals surface area (Å²) >= 11 is 5.79. The minimum atomic E-state index is -3.83. The number of aromatic nitrogens is 2. The highest BCUT2D eigenvalue weighted by molar-refractivity contribution is 7.92. The van der Waals surface area contributed by atoms with E-state index in [1.807, 2.05) is 18.2 Å². The Bertz CT molecular complexity index is 1300. The van der Waals surface area contributed by atoms with Crippen molar-refractivity contribution in [2.24, 2.45) is 0 Å². The Labute approximate surface area is 189 Å². The average molecular weight is 474 g/mol. The number of amides is 2. The summed E-state index contributed by atoms with van der Waals surface area (Å²) < 4.78 is 25.0. The number of sulfone groups is 1. The minimum Gasteiger partial charge on any atom is -0.383 e. The van der Waals surface area contributed by atoms with Gasteiger partial charge in [-0.3, -0.25) is 9.59 Å². The van der Waals surface area contributed by atoms with E-state index >= 15 is 0 Å². The first kappa shape index (κ1) is 22.0. The number of fused-ring (bicyclic) bond motifs is 1. The molecule has 0 atom stereocenters. The molecule has 32 heavy (non-hydrogen) atoms. The fourth-order valence-electron chi connectivity index (χ4n) is 3.51. The van der Waals surface area contributed by atoms with E-state index in [1.54, 1.807) is 4.90 Å². The van der Waals surface area contributed by atoms with E-state index in [-0.39, 0.29) is 23.9 Å². The topological polar surface area (TPSA) is 127 Å². The van der Waals surface area contributed by atoms with Crippen molar-refractivity contribution < 1.29 is 18.0 Å². The summed E-state index contributed by atoms with van der Waals surface area (Å²) in [6.45, 7) is 0.736.